The fraction of sp³-hybridized carbons (Fsp3) is 0.915. The Morgan fingerprint density at radius 1 is 0.224 bits per heavy atom. The highest BCUT2D eigenvalue weighted by Gasteiger charge is 2.63. The van der Waals surface area contributed by atoms with Gasteiger partial charge in [0.2, 0.25) is 41.9 Å². The van der Waals surface area contributed by atoms with Crippen LogP contribution in [0.15, 0.2) is 0 Å². The normalized spacial score (nSPS) is 46.5. The van der Waals surface area contributed by atoms with E-state index in [1.807, 2.05) is 0 Å². The maximum absolute atomic E-state index is 13.4. The van der Waals surface area contributed by atoms with Crippen molar-refractivity contribution in [3.63, 3.8) is 0 Å². The number of carbonyl (C=O) groups excluding carboxylic acids is 7. The van der Waals surface area contributed by atoms with Crippen LogP contribution in [0.4, 0.5) is 0 Å². The summed E-state index contributed by atoms with van der Waals surface area (Å²) in [6.07, 6.45) is -103. The molecular weight excluding hydrogens is 2010 g/mol. The van der Waals surface area contributed by atoms with Crippen molar-refractivity contribution in [2.45, 2.75) is 385 Å². The van der Waals surface area contributed by atoms with Gasteiger partial charge in [0.05, 0.1) is 91.9 Å². The SMILES string of the molecule is CC(=O)N[C@H]1[C@H](OC[C@H]2O[C@@H](O[C@H]3[C@H](O)[C@@H](NC(C)=O)[C@H](OC[C@H]4O[C@@H](O[C@H]5[C@H](O)[C@@H](NC(C)=O)[C@H](O[C@H]6[C@@H](O)[C@@H](CO)O[C@@H](O[C@H]7[C@H](O)[C@@H](O)[C@H](OC[C@@H](CO)NC=O)O[C@@H]7CO)[C@@H]6O)O[C@@H]5CO)[C@H](O)[C@@H](O[C@@H]5O[C@H](CO)[C@@H](O)[C@H](O)[C@H]5NC(C)=O)[C@H]4O)O[C@@H]3CO)[C@H](O)[C@@H](O[C@@H]3O[C@H](CO)[C@@H](O)[C@H](O)[C@H]3NC(C)=O)[C@H]2O)O[C@H](CO)[C@@H](O[C@@H]2O[C@H](CO)[C@H](O)[C@H](O[C@@H]3O[C@H](CO)[C@@H](O)[C@H](O)[C@H]3NC(C)=O)[C@H]2O)[C@@H]1O. The molecule has 147 heavy (non-hydrogen) atoms. The molecule has 11 aliphatic heterocycles. The molecule has 36 N–H and O–H groups in total. The highest BCUT2D eigenvalue weighted by atomic mass is 16.8. The van der Waals surface area contributed by atoms with Crippen molar-refractivity contribution in [2.75, 3.05) is 85.9 Å². The molecule has 11 heterocycles. The standard InChI is InChI=1S/C82H137N7O58/c1-21(101)84-39-52(114)45(107)28(8-91)129-74(39)144-68-48(110)31(11-94)132-79(60(68)122)140-64-33(13-96)134-72(42(55(64)117)87-24(4)104)127-18-37-50(112)70(146-75-40(85-22(2)102)53(115)46(108)29(9-92)130-75)62(124)81(138-37)141-65-34(14-97)135-73(43(56(65)118)88-25(5)105)128-19-38-51(113)71(147-76-41(86-23(3)103)54(116)47(109)30(10-93)131-76)63(125)82(139-38)142-66-35(15-98)136-77(44(57(66)119)89-26(6)106)145-69-49(111)32(12-95)133-80(61(69)123)143-67-36(16-99)137-78(59(121)58(67)120)126-17-27(7-90)83-20-100/h20,27-82,90-99,107-125H,7-19H2,1-6H3,(H,83,100)(H,84,101)(H,85,102)(H,86,103)(H,87,104)(H,88,105)(H,89,106)/t27-,28-,29-,30-,31-,32-,33-,34-,35-,36-,37-,38-,39-,40-,41-,42-,43-,44-,45-,46-,47-,48+,49+,50+,51+,52-,53-,54-,55-,56-,57-,58-,59-,60-,61-,62-,63-,64-,65-,66-,67-,68+,69+,70+,71+,72-,73-,74+,75+,76+,77+,78-,79+,80+,81+,82+/m1/s1. The Balaban J connectivity index is 0.855. The Bertz CT molecular complexity index is 4110. The second-order valence-corrected chi connectivity index (χ2v) is 36.8. The van der Waals surface area contributed by atoms with Crippen LogP contribution in [0.2, 0.25) is 0 Å². The van der Waals surface area contributed by atoms with Gasteiger partial charge in [-0.3, -0.25) is 33.6 Å². The third-order valence-corrected chi connectivity index (χ3v) is 26.3. The van der Waals surface area contributed by atoms with E-state index >= 15 is 0 Å². The van der Waals surface area contributed by atoms with Crippen LogP contribution in [0.3, 0.4) is 0 Å². The molecule has 11 rings (SSSR count). The summed E-state index contributed by atoms with van der Waals surface area (Å²) in [5.41, 5.74) is 0. The summed E-state index contributed by atoms with van der Waals surface area (Å²) in [6, 6.07) is -12.5. The zero-order valence-corrected chi connectivity index (χ0v) is 79.4. The predicted octanol–water partition coefficient (Wildman–Crippen LogP) is -25.0. The van der Waals surface area contributed by atoms with Gasteiger partial charge in [-0.1, -0.05) is 0 Å². The molecular formula is C82H137N7O58. The van der Waals surface area contributed by atoms with Crippen LogP contribution in [-0.4, -0.2) is 619 Å². The summed E-state index contributed by atoms with van der Waals surface area (Å²) in [4.78, 5) is 88.7. The molecule has 65 heteroatoms. The molecule has 0 aromatic rings. The van der Waals surface area contributed by atoms with Gasteiger partial charge in [-0.05, 0) is 0 Å². The first kappa shape index (κ1) is 121. The zero-order valence-electron chi connectivity index (χ0n) is 79.4. The van der Waals surface area contributed by atoms with Crippen LogP contribution in [0.5, 0.6) is 0 Å². The summed E-state index contributed by atoms with van der Waals surface area (Å²) in [5, 5.41) is 345. The molecule has 7 amide bonds. The van der Waals surface area contributed by atoms with E-state index in [2.05, 4.69) is 37.2 Å². The predicted molar refractivity (Wildman–Crippen MR) is 456 cm³/mol. The lowest BCUT2D eigenvalue weighted by Gasteiger charge is -2.51. The van der Waals surface area contributed by atoms with E-state index < -0.39 is 465 Å². The van der Waals surface area contributed by atoms with Gasteiger partial charge in [-0.2, -0.15) is 0 Å². The van der Waals surface area contributed by atoms with Crippen molar-refractivity contribution in [1.82, 2.24) is 37.2 Å². The molecule has 56 atom stereocenters. The fourth-order valence-electron chi connectivity index (χ4n) is 18.7. The van der Waals surface area contributed by atoms with Gasteiger partial charge >= 0.3 is 0 Å². The molecule has 65 nitrogen and oxygen atoms in total. The second kappa shape index (κ2) is 54.6. The van der Waals surface area contributed by atoms with Gasteiger partial charge in [0, 0.05) is 41.5 Å². The average Bonchev–Trinajstić information content (AvgIpc) is 0.766. The van der Waals surface area contributed by atoms with Crippen molar-refractivity contribution in [3.8, 4) is 0 Å². The quantitative estimate of drug-likeness (QED) is 0.0252. The molecule has 11 saturated heterocycles. The lowest BCUT2D eigenvalue weighted by Crippen LogP contribution is -2.70. The molecule has 0 aliphatic carbocycles. The number of rotatable bonds is 43. The van der Waals surface area contributed by atoms with Crippen molar-refractivity contribution in [2.24, 2.45) is 0 Å². The topological polar surface area (TPSA) is 993 Å². The van der Waals surface area contributed by atoms with Crippen LogP contribution in [0, 0.1) is 0 Å². The molecule has 0 saturated carbocycles. The first-order chi connectivity index (χ1) is 69.7. The molecule has 0 radical (unpaired) electrons. The molecule has 0 aromatic heterocycles. The van der Waals surface area contributed by atoms with Crippen LogP contribution >= 0.6 is 0 Å². The molecule has 11 fully saturated rings. The summed E-state index contributed by atoms with van der Waals surface area (Å²) >= 11 is 0. The third kappa shape index (κ3) is 28.2. The summed E-state index contributed by atoms with van der Waals surface area (Å²) in [6.45, 7) is -7.93. The average molecular weight is 2150 g/mol. The van der Waals surface area contributed by atoms with Gasteiger partial charge < -0.3 is 290 Å². The van der Waals surface area contributed by atoms with Crippen LogP contribution in [0.25, 0.3) is 0 Å². The van der Waals surface area contributed by atoms with E-state index in [9.17, 15) is 182 Å². The minimum Gasteiger partial charge on any atom is -0.394 e. The van der Waals surface area contributed by atoms with Gasteiger partial charge in [0.1, 0.15) is 268 Å². The first-order valence-electron chi connectivity index (χ1n) is 46.8. The maximum atomic E-state index is 13.4. The number of aliphatic hydroxyl groups is 29. The Kier molecular flexibility index (Phi) is 45.1. The molecule has 0 bridgehead atoms. The van der Waals surface area contributed by atoms with Crippen LogP contribution < -0.4 is 37.2 Å². The van der Waals surface area contributed by atoms with E-state index in [4.69, 9.17) is 104 Å². The van der Waals surface area contributed by atoms with Crippen molar-refractivity contribution in [1.29, 1.82) is 0 Å². The molecule has 0 spiro atoms. The second-order valence-electron chi connectivity index (χ2n) is 36.8. The fourth-order valence-corrected chi connectivity index (χ4v) is 18.7. The number of carbonyl (C=O) groups is 7. The molecule has 11 aliphatic rings. The largest absolute Gasteiger partial charge is 0.394 e. The smallest absolute Gasteiger partial charge is 0.217 e. The van der Waals surface area contributed by atoms with Crippen molar-refractivity contribution >= 4 is 41.9 Å². The highest BCUT2D eigenvalue weighted by molar-refractivity contribution is 5.75. The molecule has 0 aromatic carbocycles. The minimum atomic E-state index is -2.51. The van der Waals surface area contributed by atoms with E-state index in [0.29, 0.717) is 0 Å². The summed E-state index contributed by atoms with van der Waals surface area (Å²) < 4.78 is 131. The van der Waals surface area contributed by atoms with Gasteiger partial charge in [-0.25, -0.2) is 0 Å². The number of amides is 7. The van der Waals surface area contributed by atoms with Crippen molar-refractivity contribution in [3.05, 3.63) is 0 Å². The lowest BCUT2D eigenvalue weighted by atomic mass is 9.94. The lowest BCUT2D eigenvalue weighted by molar-refractivity contribution is -0.388. The number of ether oxygens (including phenoxy) is 22. The van der Waals surface area contributed by atoms with E-state index in [1.54, 1.807) is 0 Å². The third-order valence-electron chi connectivity index (χ3n) is 26.3. The van der Waals surface area contributed by atoms with Gasteiger partial charge in [0.15, 0.2) is 69.2 Å². The summed E-state index contributed by atoms with van der Waals surface area (Å²) in [7, 11) is 0. The van der Waals surface area contributed by atoms with Crippen LogP contribution in [0.1, 0.15) is 41.5 Å². The Morgan fingerprint density at radius 2 is 0.429 bits per heavy atom. The summed E-state index contributed by atoms with van der Waals surface area (Å²) in [5.74, 6) is -5.66. The number of nitrogens with one attached hydrogen (secondary N) is 7. The Hall–Kier alpha value is -5.75. The van der Waals surface area contributed by atoms with Crippen LogP contribution in [-0.2, 0) is 138 Å². The van der Waals surface area contributed by atoms with E-state index in [0.717, 1.165) is 41.5 Å². The van der Waals surface area contributed by atoms with E-state index in [1.165, 1.54) is 0 Å². The highest BCUT2D eigenvalue weighted by Crippen LogP contribution is 2.42. The van der Waals surface area contributed by atoms with Gasteiger partial charge in [0.25, 0.3) is 0 Å². The number of hydrogen-bond donors (Lipinski definition) is 36. The minimum absolute atomic E-state index is 0.236. The number of aliphatic hydroxyl groups excluding tert-OH is 29. The van der Waals surface area contributed by atoms with Gasteiger partial charge in [-0.15, -0.1) is 0 Å². The maximum Gasteiger partial charge on any atom is 0.217 e. The van der Waals surface area contributed by atoms with Crippen molar-refractivity contribution < 1.29 is 286 Å². The first-order valence-corrected chi connectivity index (χ1v) is 46.8. The van der Waals surface area contributed by atoms with E-state index in [-0.39, 0.29) is 6.41 Å². The number of hydrogen-bond acceptors (Lipinski definition) is 58. The molecule has 848 valence electrons. The monoisotopic (exact) mass is 2150 g/mol. The Labute approximate surface area is 833 Å². The Morgan fingerprint density at radius 3 is 0.680 bits per heavy atom. The zero-order chi connectivity index (χ0) is 108. The molecule has 0 unspecified atom stereocenters.